The van der Waals surface area contributed by atoms with Crippen LogP contribution in [-0.4, -0.2) is 53.0 Å². The number of anilines is 2. The Bertz CT molecular complexity index is 1750. The standard InChI is InChI=1S/C34H37BrFN5O4Si/c1-22-31(46(2,3)36)30(14-16-40-21-27(15-17-42)38-39-40)45-34(22)28-19-25(35)12-13-29(28)41(33(34)44)20-23-8-7-11-26(18-23)37-32(43)24-9-5-4-6-10-24/h4-13,18-19,21-22,30-31,42H,14-17,20H2,1-3H3,(H,37,43)/t22-,30+,31-,34+/m0/s1. The van der Waals surface area contributed by atoms with Crippen LogP contribution in [0.3, 0.4) is 0 Å². The molecule has 12 heteroatoms. The molecule has 1 aromatic heterocycles. The summed E-state index contributed by atoms with van der Waals surface area (Å²) in [5.74, 6) is -0.863. The molecule has 4 atom stereocenters. The number of halogens is 2. The Morgan fingerprint density at radius 1 is 1.13 bits per heavy atom. The summed E-state index contributed by atoms with van der Waals surface area (Å²) in [7, 11) is -3.33. The molecule has 0 unspecified atom stereocenters. The minimum atomic E-state index is -3.33. The van der Waals surface area contributed by atoms with Crippen LogP contribution in [0.2, 0.25) is 18.6 Å². The van der Waals surface area contributed by atoms with Crippen LogP contribution in [0.15, 0.2) is 83.5 Å². The Morgan fingerprint density at radius 2 is 1.91 bits per heavy atom. The lowest BCUT2D eigenvalue weighted by Crippen LogP contribution is -2.45. The van der Waals surface area contributed by atoms with Crippen LogP contribution in [0.25, 0.3) is 0 Å². The summed E-state index contributed by atoms with van der Waals surface area (Å²) in [5.41, 5.74) is 2.33. The van der Waals surface area contributed by atoms with Crippen LogP contribution in [0.4, 0.5) is 15.5 Å². The van der Waals surface area contributed by atoms with Gasteiger partial charge in [-0.3, -0.25) is 14.3 Å². The minimum absolute atomic E-state index is 0.0195. The van der Waals surface area contributed by atoms with Gasteiger partial charge in [0.1, 0.15) is 0 Å². The van der Waals surface area contributed by atoms with Gasteiger partial charge in [0.15, 0.2) is 5.60 Å². The van der Waals surface area contributed by atoms with Crippen molar-refractivity contribution < 1.29 is 23.5 Å². The zero-order valence-corrected chi connectivity index (χ0v) is 28.6. The molecule has 240 valence electrons. The Kier molecular flexibility index (Phi) is 8.99. The molecule has 0 bridgehead atoms. The number of nitrogens with one attached hydrogen (secondary N) is 1. The first kappa shape index (κ1) is 32.2. The third-order valence-electron chi connectivity index (χ3n) is 9.08. The fourth-order valence-corrected chi connectivity index (χ4v) is 10.0. The number of aromatic nitrogens is 3. The number of hydrogen-bond donors (Lipinski definition) is 2. The SMILES string of the molecule is C[C@H]1[C@H]([Si](C)(C)F)[C@@H](CCn2cc(CCO)nn2)O[C@]12C(=O)N(Cc1cccc(NC(=O)c3ccccc3)c1)c1ccc(Br)cc12. The van der Waals surface area contributed by atoms with Gasteiger partial charge in [0.2, 0.25) is 8.41 Å². The summed E-state index contributed by atoms with van der Waals surface area (Å²) >= 11 is 3.59. The van der Waals surface area contributed by atoms with E-state index in [0.717, 1.165) is 21.3 Å². The molecule has 2 amide bonds. The number of amides is 2. The lowest BCUT2D eigenvalue weighted by molar-refractivity contribution is -0.146. The molecule has 9 nitrogen and oxygen atoms in total. The molecule has 46 heavy (non-hydrogen) atoms. The average molecular weight is 707 g/mol. The highest BCUT2D eigenvalue weighted by Crippen LogP contribution is 2.60. The van der Waals surface area contributed by atoms with Crippen LogP contribution in [0.1, 0.15) is 40.5 Å². The summed E-state index contributed by atoms with van der Waals surface area (Å²) in [6.45, 7) is 5.99. The van der Waals surface area contributed by atoms with Crippen LogP contribution in [0, 0.1) is 5.92 Å². The van der Waals surface area contributed by atoms with Crippen LogP contribution in [-0.2, 0) is 34.6 Å². The van der Waals surface area contributed by atoms with Crippen molar-refractivity contribution in [2.45, 2.75) is 63.2 Å². The number of carbonyl (C=O) groups excluding carboxylic acids is 2. The van der Waals surface area contributed by atoms with Crippen molar-refractivity contribution in [3.05, 3.63) is 106 Å². The van der Waals surface area contributed by atoms with E-state index in [4.69, 9.17) is 4.74 Å². The Balaban J connectivity index is 1.29. The van der Waals surface area contributed by atoms with E-state index in [-0.39, 0.29) is 25.0 Å². The number of aryl methyl sites for hydroxylation is 1. The molecule has 2 aliphatic rings. The van der Waals surface area contributed by atoms with Gasteiger partial charge in [-0.15, -0.1) is 5.10 Å². The van der Waals surface area contributed by atoms with E-state index in [2.05, 4.69) is 31.6 Å². The van der Waals surface area contributed by atoms with Crippen molar-refractivity contribution in [1.82, 2.24) is 15.0 Å². The molecular formula is C34H37BrFN5O4Si. The molecule has 4 aromatic rings. The third-order valence-corrected chi connectivity index (χ3v) is 12.0. The first-order valence-corrected chi connectivity index (χ1v) is 19.2. The molecule has 0 radical (unpaired) electrons. The first-order valence-electron chi connectivity index (χ1n) is 15.4. The molecule has 2 aliphatic heterocycles. The molecule has 1 fully saturated rings. The van der Waals surface area contributed by atoms with Gasteiger partial charge in [0.05, 0.1) is 24.0 Å². The monoisotopic (exact) mass is 705 g/mol. The van der Waals surface area contributed by atoms with Gasteiger partial charge >= 0.3 is 0 Å². The van der Waals surface area contributed by atoms with Crippen LogP contribution >= 0.6 is 15.9 Å². The lowest BCUT2D eigenvalue weighted by atomic mass is 9.82. The molecule has 3 aromatic carbocycles. The van der Waals surface area contributed by atoms with E-state index in [9.17, 15) is 14.7 Å². The van der Waals surface area contributed by atoms with Crippen molar-refractivity contribution in [3.8, 4) is 0 Å². The van der Waals surface area contributed by atoms with Crippen molar-refractivity contribution in [2.75, 3.05) is 16.8 Å². The number of aliphatic hydroxyl groups excluding tert-OH is 1. The van der Waals surface area contributed by atoms with E-state index in [0.29, 0.717) is 36.3 Å². The lowest BCUT2D eigenvalue weighted by Gasteiger charge is -2.31. The van der Waals surface area contributed by atoms with Gasteiger partial charge in [-0.25, -0.2) is 0 Å². The highest BCUT2D eigenvalue weighted by Gasteiger charge is 2.66. The zero-order valence-electron chi connectivity index (χ0n) is 26.0. The van der Waals surface area contributed by atoms with E-state index in [1.165, 1.54) is 0 Å². The molecule has 3 heterocycles. The van der Waals surface area contributed by atoms with E-state index in [1.54, 1.807) is 41.0 Å². The normalized spacial score (nSPS) is 22.4. The Labute approximate surface area is 277 Å². The van der Waals surface area contributed by atoms with Gasteiger partial charge in [0.25, 0.3) is 11.8 Å². The van der Waals surface area contributed by atoms with E-state index in [1.807, 2.05) is 67.6 Å². The maximum Gasteiger partial charge on any atom is 0.264 e. The minimum Gasteiger partial charge on any atom is -0.396 e. The molecule has 6 rings (SSSR count). The number of carbonyl (C=O) groups is 2. The smallest absolute Gasteiger partial charge is 0.264 e. The van der Waals surface area contributed by atoms with Gasteiger partial charge in [-0.1, -0.05) is 58.4 Å². The molecular weight excluding hydrogens is 669 g/mol. The van der Waals surface area contributed by atoms with Gasteiger partial charge in [-0.05, 0) is 67.5 Å². The predicted octanol–water partition coefficient (Wildman–Crippen LogP) is 6.24. The Hall–Kier alpha value is -3.71. The molecule has 1 saturated heterocycles. The van der Waals surface area contributed by atoms with Gasteiger partial charge < -0.3 is 24.2 Å². The number of rotatable bonds is 10. The second-order valence-electron chi connectivity index (χ2n) is 12.6. The largest absolute Gasteiger partial charge is 0.396 e. The summed E-state index contributed by atoms with van der Waals surface area (Å²) in [5, 5.41) is 20.5. The summed E-state index contributed by atoms with van der Waals surface area (Å²) in [6.07, 6.45) is 2.13. The zero-order chi connectivity index (χ0) is 32.6. The highest BCUT2D eigenvalue weighted by atomic mass is 79.9. The quantitative estimate of drug-likeness (QED) is 0.149. The van der Waals surface area contributed by atoms with Gasteiger partial charge in [-0.2, -0.15) is 0 Å². The highest BCUT2D eigenvalue weighted by molar-refractivity contribution is 9.10. The van der Waals surface area contributed by atoms with E-state index >= 15 is 4.11 Å². The van der Waals surface area contributed by atoms with Gasteiger partial charge in [0, 0.05) is 58.5 Å². The van der Waals surface area contributed by atoms with Crippen LogP contribution in [0.5, 0.6) is 0 Å². The summed E-state index contributed by atoms with van der Waals surface area (Å²) in [4.78, 5) is 29.2. The fraction of sp³-hybridized carbons (Fsp3) is 0.353. The number of ether oxygens (including phenoxy) is 1. The fourth-order valence-electron chi connectivity index (χ4n) is 7.11. The Morgan fingerprint density at radius 3 is 2.65 bits per heavy atom. The predicted molar refractivity (Wildman–Crippen MR) is 180 cm³/mol. The van der Waals surface area contributed by atoms with Crippen molar-refractivity contribution in [3.63, 3.8) is 0 Å². The molecule has 1 spiro atoms. The maximum absolute atomic E-state index is 16.2. The van der Waals surface area contributed by atoms with Crippen molar-refractivity contribution in [1.29, 1.82) is 0 Å². The summed E-state index contributed by atoms with van der Waals surface area (Å²) < 4.78 is 25.5. The summed E-state index contributed by atoms with van der Waals surface area (Å²) in [6, 6.07) is 22.2. The van der Waals surface area contributed by atoms with Crippen LogP contribution < -0.4 is 10.2 Å². The second-order valence-corrected chi connectivity index (χ2v) is 17.3. The third kappa shape index (κ3) is 6.06. The average Bonchev–Trinajstić information content (AvgIpc) is 3.67. The molecule has 0 aliphatic carbocycles. The topological polar surface area (TPSA) is 110 Å². The first-order chi connectivity index (χ1) is 22.0. The second kappa shape index (κ2) is 12.8. The molecule has 2 N–H and O–H groups in total. The van der Waals surface area contributed by atoms with Crippen molar-refractivity contribution >= 4 is 47.5 Å². The number of benzene rings is 3. The maximum atomic E-state index is 16.2. The molecule has 0 saturated carbocycles. The number of nitrogens with zero attached hydrogens (tertiary/aromatic N) is 4. The number of fused-ring (bicyclic) bond motifs is 2. The number of hydrogen-bond acceptors (Lipinski definition) is 6. The van der Waals surface area contributed by atoms with E-state index < -0.39 is 31.6 Å². The number of aliphatic hydroxyl groups is 1. The van der Waals surface area contributed by atoms with Crippen molar-refractivity contribution in [2.24, 2.45) is 5.92 Å².